The van der Waals surface area contributed by atoms with Crippen LogP contribution in [0.2, 0.25) is 0 Å². The number of hydrogen-bond donors (Lipinski definition) is 1. The van der Waals surface area contributed by atoms with E-state index in [-0.39, 0.29) is 6.61 Å². The summed E-state index contributed by atoms with van der Waals surface area (Å²) in [7, 11) is 1.52. The summed E-state index contributed by atoms with van der Waals surface area (Å²) >= 11 is 0. The summed E-state index contributed by atoms with van der Waals surface area (Å²) in [5.74, 6) is 1.59. The van der Waals surface area contributed by atoms with E-state index in [0.717, 1.165) is 5.56 Å². The zero-order valence-corrected chi connectivity index (χ0v) is 9.71. The van der Waals surface area contributed by atoms with Crippen LogP contribution < -0.4 is 4.74 Å². The Kier molecular flexibility index (Phi) is 3.57. The van der Waals surface area contributed by atoms with E-state index < -0.39 is 0 Å². The van der Waals surface area contributed by atoms with Gasteiger partial charge in [-0.2, -0.15) is 4.99 Å². The molecule has 0 unspecified atom stereocenters. The number of furan rings is 1. The molecule has 0 amide bonds. The van der Waals surface area contributed by atoms with Crippen LogP contribution in [-0.2, 0) is 11.4 Å². The van der Waals surface area contributed by atoms with Crippen molar-refractivity contribution in [2.75, 3.05) is 7.11 Å². The van der Waals surface area contributed by atoms with Crippen LogP contribution in [0.5, 0.6) is 5.75 Å². The van der Waals surface area contributed by atoms with Crippen molar-refractivity contribution in [1.82, 2.24) is 0 Å². The van der Waals surface area contributed by atoms with Gasteiger partial charge in [-0.3, -0.25) is 0 Å². The number of aliphatic hydroxyl groups excluding tert-OH is 1. The monoisotopic (exact) mass is 245 g/mol. The molecule has 5 heteroatoms. The summed E-state index contributed by atoms with van der Waals surface area (Å²) in [4.78, 5) is 13.7. The molecule has 0 atom stereocenters. The maximum absolute atomic E-state index is 10.2. The Hall–Kier alpha value is -2.36. The first kappa shape index (κ1) is 12.1. The number of nitrogens with zero attached hydrogens (tertiary/aromatic N) is 1. The zero-order valence-electron chi connectivity index (χ0n) is 9.71. The van der Waals surface area contributed by atoms with Crippen molar-refractivity contribution in [1.29, 1.82) is 0 Å². The van der Waals surface area contributed by atoms with Crippen molar-refractivity contribution in [3.05, 3.63) is 36.1 Å². The molecule has 1 N–H and O–H groups in total. The SMILES string of the molecule is COc1cc(N=C=O)ccc1-c1ccc(CO)o1. The van der Waals surface area contributed by atoms with Crippen molar-refractivity contribution in [3.63, 3.8) is 0 Å². The van der Waals surface area contributed by atoms with Gasteiger partial charge in [0, 0.05) is 6.07 Å². The standard InChI is InChI=1S/C13H11NO4/c1-17-13-6-9(14-8-16)2-4-11(13)12-5-3-10(7-15)18-12/h2-6,15H,7H2,1H3. The Bertz CT molecular complexity index is 597. The normalized spacial score (nSPS) is 9.89. The second-order valence-electron chi connectivity index (χ2n) is 3.51. The van der Waals surface area contributed by atoms with Gasteiger partial charge in [-0.05, 0) is 24.3 Å². The molecule has 0 saturated heterocycles. The lowest BCUT2D eigenvalue weighted by Crippen LogP contribution is -1.86. The summed E-state index contributed by atoms with van der Waals surface area (Å²) in [6, 6.07) is 8.43. The molecule has 18 heavy (non-hydrogen) atoms. The van der Waals surface area contributed by atoms with E-state index in [1.807, 2.05) is 0 Å². The summed E-state index contributed by atoms with van der Waals surface area (Å²) in [6.07, 6.45) is 1.47. The third-order valence-electron chi connectivity index (χ3n) is 2.44. The van der Waals surface area contributed by atoms with Gasteiger partial charge in [-0.1, -0.05) is 0 Å². The van der Waals surface area contributed by atoms with Crippen molar-refractivity contribution >= 4 is 11.8 Å². The number of methoxy groups -OCH3 is 1. The highest BCUT2D eigenvalue weighted by Gasteiger charge is 2.10. The smallest absolute Gasteiger partial charge is 0.240 e. The lowest BCUT2D eigenvalue weighted by Gasteiger charge is -2.06. The van der Waals surface area contributed by atoms with Crippen LogP contribution in [0.1, 0.15) is 5.76 Å². The molecule has 0 aliphatic heterocycles. The molecule has 0 aliphatic rings. The van der Waals surface area contributed by atoms with Gasteiger partial charge in [0.15, 0.2) is 0 Å². The Morgan fingerprint density at radius 3 is 2.83 bits per heavy atom. The lowest BCUT2D eigenvalue weighted by atomic mass is 10.1. The average molecular weight is 245 g/mol. The Morgan fingerprint density at radius 2 is 2.22 bits per heavy atom. The van der Waals surface area contributed by atoms with Crippen molar-refractivity contribution in [2.24, 2.45) is 4.99 Å². The molecule has 5 nitrogen and oxygen atoms in total. The molecule has 92 valence electrons. The van der Waals surface area contributed by atoms with Crippen LogP contribution in [0.3, 0.4) is 0 Å². The van der Waals surface area contributed by atoms with Gasteiger partial charge in [0.1, 0.15) is 23.9 Å². The van der Waals surface area contributed by atoms with Crippen LogP contribution in [0.4, 0.5) is 5.69 Å². The molecule has 2 rings (SSSR count). The highest BCUT2D eigenvalue weighted by molar-refractivity contribution is 5.70. The Labute approximate surface area is 103 Å². The minimum absolute atomic E-state index is 0.157. The third-order valence-corrected chi connectivity index (χ3v) is 2.44. The number of ether oxygens (including phenoxy) is 1. The third kappa shape index (κ3) is 2.32. The number of hydrogen-bond acceptors (Lipinski definition) is 5. The van der Waals surface area contributed by atoms with Crippen LogP contribution in [0.25, 0.3) is 11.3 Å². The van der Waals surface area contributed by atoms with E-state index in [1.54, 1.807) is 30.3 Å². The van der Waals surface area contributed by atoms with E-state index in [4.69, 9.17) is 14.3 Å². The molecular formula is C13H11NO4. The van der Waals surface area contributed by atoms with Crippen molar-refractivity contribution in [2.45, 2.75) is 6.61 Å². The van der Waals surface area contributed by atoms with Gasteiger partial charge in [0.05, 0.1) is 18.4 Å². The molecule has 0 fully saturated rings. The zero-order chi connectivity index (χ0) is 13.0. The highest BCUT2D eigenvalue weighted by Crippen LogP contribution is 2.34. The number of carbonyl (C=O) groups excluding carboxylic acids is 1. The van der Waals surface area contributed by atoms with Crippen molar-refractivity contribution < 1.29 is 19.1 Å². The van der Waals surface area contributed by atoms with Gasteiger partial charge in [-0.25, -0.2) is 4.79 Å². The highest BCUT2D eigenvalue weighted by atomic mass is 16.5. The number of benzene rings is 1. The fraction of sp³-hybridized carbons (Fsp3) is 0.154. The molecule has 0 aliphatic carbocycles. The summed E-state index contributed by atoms with van der Waals surface area (Å²) in [5.41, 5.74) is 1.18. The minimum Gasteiger partial charge on any atom is -0.496 e. The van der Waals surface area contributed by atoms with E-state index in [9.17, 15) is 4.79 Å². The van der Waals surface area contributed by atoms with Crippen LogP contribution in [0.15, 0.2) is 39.7 Å². The number of aliphatic hydroxyl groups is 1. The van der Waals surface area contributed by atoms with Crippen LogP contribution in [0, 0.1) is 0 Å². The maximum atomic E-state index is 10.2. The van der Waals surface area contributed by atoms with Crippen LogP contribution >= 0.6 is 0 Å². The molecule has 1 aromatic carbocycles. The molecule has 0 spiro atoms. The fourth-order valence-corrected chi connectivity index (χ4v) is 1.61. The Balaban J connectivity index is 2.46. The maximum Gasteiger partial charge on any atom is 0.240 e. The lowest BCUT2D eigenvalue weighted by molar-refractivity contribution is 0.248. The predicted molar refractivity (Wildman–Crippen MR) is 64.4 cm³/mol. The molecule has 1 aromatic heterocycles. The topological polar surface area (TPSA) is 72.0 Å². The Morgan fingerprint density at radius 1 is 1.39 bits per heavy atom. The molecular weight excluding hydrogens is 234 g/mol. The van der Waals surface area contributed by atoms with Crippen LogP contribution in [-0.4, -0.2) is 18.3 Å². The predicted octanol–water partition coefficient (Wildman–Crippen LogP) is 2.41. The van der Waals surface area contributed by atoms with E-state index in [1.165, 1.54) is 13.2 Å². The minimum atomic E-state index is -0.157. The average Bonchev–Trinajstić information content (AvgIpc) is 2.87. The van der Waals surface area contributed by atoms with E-state index in [2.05, 4.69) is 4.99 Å². The largest absolute Gasteiger partial charge is 0.496 e. The van der Waals surface area contributed by atoms with Gasteiger partial charge in [0.25, 0.3) is 0 Å². The van der Waals surface area contributed by atoms with E-state index >= 15 is 0 Å². The first-order valence-corrected chi connectivity index (χ1v) is 5.24. The fourth-order valence-electron chi connectivity index (χ4n) is 1.61. The van der Waals surface area contributed by atoms with Crippen molar-refractivity contribution in [3.8, 4) is 17.1 Å². The van der Waals surface area contributed by atoms with Gasteiger partial charge in [-0.15, -0.1) is 0 Å². The second-order valence-corrected chi connectivity index (χ2v) is 3.51. The van der Waals surface area contributed by atoms with Gasteiger partial charge in [0.2, 0.25) is 6.08 Å². The molecule has 0 bridgehead atoms. The number of isocyanates is 1. The van der Waals surface area contributed by atoms with Gasteiger partial charge >= 0.3 is 0 Å². The molecule has 1 heterocycles. The first-order valence-electron chi connectivity index (χ1n) is 5.24. The second kappa shape index (κ2) is 5.31. The van der Waals surface area contributed by atoms with E-state index in [0.29, 0.717) is 23.0 Å². The first-order chi connectivity index (χ1) is 8.78. The quantitative estimate of drug-likeness (QED) is 0.663. The molecule has 0 radical (unpaired) electrons. The summed E-state index contributed by atoms with van der Waals surface area (Å²) < 4.78 is 10.6. The number of aliphatic imine (C=N–C) groups is 1. The number of rotatable bonds is 4. The molecule has 0 saturated carbocycles. The summed E-state index contributed by atoms with van der Waals surface area (Å²) in [6.45, 7) is -0.157. The summed E-state index contributed by atoms with van der Waals surface area (Å²) in [5, 5.41) is 8.96. The van der Waals surface area contributed by atoms with Gasteiger partial charge < -0.3 is 14.3 Å². The molecule has 2 aromatic rings.